The maximum absolute atomic E-state index is 16.5. The molecule has 2 aromatic heterocycles. The van der Waals surface area contributed by atoms with Crippen LogP contribution in [-0.4, -0.2) is 96.4 Å². The van der Waals surface area contributed by atoms with Crippen molar-refractivity contribution in [3.8, 4) is 5.75 Å². The number of benzene rings is 2. The van der Waals surface area contributed by atoms with Gasteiger partial charge in [-0.2, -0.15) is 0 Å². The van der Waals surface area contributed by atoms with Crippen molar-refractivity contribution in [3.63, 3.8) is 0 Å². The van der Waals surface area contributed by atoms with Gasteiger partial charge in [-0.3, -0.25) is 28.7 Å². The molecule has 3 aliphatic heterocycles. The Labute approximate surface area is 348 Å². The number of hydrogen-bond donors (Lipinski definition) is 2. The summed E-state index contributed by atoms with van der Waals surface area (Å²) in [5.74, 6) is -3.19. The highest BCUT2D eigenvalue weighted by molar-refractivity contribution is 7.57. The van der Waals surface area contributed by atoms with E-state index in [1.165, 1.54) is 30.4 Å². The van der Waals surface area contributed by atoms with Gasteiger partial charge in [0.1, 0.15) is 23.9 Å². The van der Waals surface area contributed by atoms with Crippen LogP contribution < -0.4 is 19.8 Å². The molecule has 314 valence electrons. The van der Waals surface area contributed by atoms with E-state index in [4.69, 9.17) is 9.26 Å². The number of rotatable bonds is 14. The molecule has 16 heteroatoms. The molecule has 59 heavy (non-hydrogen) atoms. The lowest BCUT2D eigenvalue weighted by Gasteiger charge is -2.43. The first-order valence-corrected chi connectivity index (χ1v) is 22.8. The fourth-order valence-electron chi connectivity index (χ4n) is 8.42. The summed E-state index contributed by atoms with van der Waals surface area (Å²) in [6.45, 7) is 6.63. The minimum absolute atomic E-state index is 0.0267. The van der Waals surface area contributed by atoms with Gasteiger partial charge < -0.3 is 29.3 Å². The third-order valence-electron chi connectivity index (χ3n) is 11.4. The van der Waals surface area contributed by atoms with Gasteiger partial charge in [-0.15, -0.1) is 11.3 Å². The molecular formula is C43H52FN6O7PS. The number of pyridine rings is 1. The van der Waals surface area contributed by atoms with E-state index in [9.17, 15) is 23.7 Å². The number of halogens is 1. The number of amides is 3. The molecule has 1 unspecified atom stereocenters. The van der Waals surface area contributed by atoms with Crippen molar-refractivity contribution in [2.45, 2.75) is 88.9 Å². The van der Waals surface area contributed by atoms with Crippen molar-refractivity contribution in [2.24, 2.45) is 5.92 Å². The first-order valence-electron chi connectivity index (χ1n) is 20.3. The molecule has 7 atom stereocenters. The van der Waals surface area contributed by atoms with E-state index in [1.807, 2.05) is 43.1 Å². The zero-order chi connectivity index (χ0) is 42.0. The lowest BCUT2D eigenvalue weighted by molar-refractivity contribution is -0.148. The smallest absolute Gasteiger partial charge is 0.355 e. The minimum Gasteiger partial charge on any atom is -0.465 e. The van der Waals surface area contributed by atoms with Crippen LogP contribution in [0.5, 0.6) is 5.75 Å². The Balaban J connectivity index is 1.05. The minimum atomic E-state index is -4.44. The van der Waals surface area contributed by atoms with Crippen LogP contribution in [0.3, 0.4) is 0 Å². The number of aromatic nitrogens is 1. The molecule has 0 radical (unpaired) electrons. The average molecular weight is 847 g/mol. The maximum Gasteiger partial charge on any atom is 0.355 e. The van der Waals surface area contributed by atoms with Gasteiger partial charge in [0.15, 0.2) is 0 Å². The summed E-state index contributed by atoms with van der Waals surface area (Å²) in [4.78, 5) is 65.0. The fraction of sp³-hybridized carbons (Fsp3) is 0.465. The number of thiophene rings is 1. The molecule has 3 fully saturated rings. The molecule has 5 heterocycles. The van der Waals surface area contributed by atoms with Gasteiger partial charge in [0.25, 0.3) is 5.91 Å². The zero-order valence-corrected chi connectivity index (χ0v) is 35.7. The number of para-hydroxylation sites is 1. The van der Waals surface area contributed by atoms with Gasteiger partial charge in [0, 0.05) is 67.5 Å². The van der Waals surface area contributed by atoms with Crippen molar-refractivity contribution in [1.82, 2.24) is 25.2 Å². The normalized spacial score (nSPS) is 22.7. The summed E-state index contributed by atoms with van der Waals surface area (Å²) in [6, 6.07) is 13.7. The number of carbonyl (C=O) groups excluding carboxylic acids is 4. The zero-order valence-electron chi connectivity index (χ0n) is 34.0. The first kappa shape index (κ1) is 42.3. The van der Waals surface area contributed by atoms with E-state index in [1.54, 1.807) is 53.6 Å². The lowest BCUT2D eigenvalue weighted by atomic mass is 9.90. The van der Waals surface area contributed by atoms with Crippen LogP contribution in [0, 0.1) is 5.92 Å². The summed E-state index contributed by atoms with van der Waals surface area (Å²) in [5, 5.41) is 6.10. The van der Waals surface area contributed by atoms with Gasteiger partial charge in [0.2, 0.25) is 17.7 Å². The molecule has 0 spiro atoms. The maximum atomic E-state index is 16.5. The summed E-state index contributed by atoms with van der Waals surface area (Å²) in [6.07, 6.45) is 6.70. The van der Waals surface area contributed by atoms with E-state index in [-0.39, 0.29) is 47.6 Å². The van der Waals surface area contributed by atoms with Crippen molar-refractivity contribution >= 4 is 58.3 Å². The Bertz CT molecular complexity index is 2240. The third kappa shape index (κ3) is 9.02. The van der Waals surface area contributed by atoms with E-state index >= 15 is 4.39 Å². The molecule has 0 bridgehead atoms. The number of hydrogen-bond acceptors (Lipinski definition) is 10. The molecular weight excluding hydrogens is 795 g/mol. The summed E-state index contributed by atoms with van der Waals surface area (Å²) >= 11 is 1.19. The molecule has 0 aliphatic carbocycles. The van der Waals surface area contributed by atoms with Gasteiger partial charge in [-0.1, -0.05) is 38.1 Å². The monoisotopic (exact) mass is 846 g/mol. The molecule has 4 aromatic rings. The number of nitrogens with zero attached hydrogens (tertiary/aromatic N) is 4. The number of alkyl halides is 1. The number of likely N-dealkylation sites (tertiary alicyclic amines) is 1. The quantitative estimate of drug-likeness (QED) is 0.0999. The van der Waals surface area contributed by atoms with Gasteiger partial charge in [-0.05, 0) is 92.3 Å². The summed E-state index contributed by atoms with van der Waals surface area (Å²) in [7, 11) is -0.473. The number of anilines is 1. The van der Waals surface area contributed by atoms with Crippen LogP contribution in [0.1, 0.15) is 85.5 Å². The molecule has 7 rings (SSSR count). The Hall–Kier alpha value is -4.85. The highest BCUT2D eigenvalue weighted by atomic mass is 32.1. The summed E-state index contributed by atoms with van der Waals surface area (Å²) in [5.41, 5.74) is 2.20. The van der Waals surface area contributed by atoms with Gasteiger partial charge in [0.05, 0.1) is 11.5 Å². The Morgan fingerprint density at radius 3 is 2.56 bits per heavy atom. The molecule has 2 N–H and O–H groups in total. The number of nitrogens with one attached hydrogen (secondary N) is 2. The molecule has 2 aromatic carbocycles. The van der Waals surface area contributed by atoms with E-state index in [0.29, 0.717) is 47.3 Å². The van der Waals surface area contributed by atoms with Crippen LogP contribution >= 0.6 is 18.9 Å². The Kier molecular flexibility index (Phi) is 12.7. The molecule has 3 saturated heterocycles. The number of ether oxygens (including phenoxy) is 1. The highest BCUT2D eigenvalue weighted by Crippen LogP contribution is 2.58. The van der Waals surface area contributed by atoms with Gasteiger partial charge in [-0.25, -0.2) is 9.48 Å². The van der Waals surface area contributed by atoms with E-state index in [0.717, 1.165) is 24.1 Å². The van der Waals surface area contributed by atoms with Gasteiger partial charge >= 0.3 is 13.5 Å². The van der Waals surface area contributed by atoms with Crippen LogP contribution in [0.4, 0.5) is 10.1 Å². The Morgan fingerprint density at radius 2 is 1.83 bits per heavy atom. The average Bonchev–Trinajstić information content (AvgIpc) is 3.80. The van der Waals surface area contributed by atoms with Crippen LogP contribution in [-0.2, 0) is 23.7 Å². The predicted molar refractivity (Wildman–Crippen MR) is 225 cm³/mol. The van der Waals surface area contributed by atoms with E-state index in [2.05, 4.69) is 22.3 Å². The largest absolute Gasteiger partial charge is 0.465 e. The van der Waals surface area contributed by atoms with Crippen molar-refractivity contribution in [1.29, 1.82) is 0 Å². The SMILES string of the molecule is CCCOC(=O)[C@H](C)NP(=O)(Oc1ccccc1)[C@@H](F)c1ccc2sc(C(=O)N[C@H]3C[C@@H](C)C[C@H]4CC[C@@H](C(=O)N5CC(c6cnccc6N(C)C)C5)N4C3=O)cc2c1. The topological polar surface area (TPSA) is 150 Å². The predicted octanol–water partition coefficient (Wildman–Crippen LogP) is 7.05. The second-order valence-electron chi connectivity index (χ2n) is 16.1. The third-order valence-corrected chi connectivity index (χ3v) is 14.6. The van der Waals surface area contributed by atoms with Crippen LogP contribution in [0.25, 0.3) is 10.1 Å². The first-order chi connectivity index (χ1) is 28.3. The van der Waals surface area contributed by atoms with Crippen LogP contribution in [0.15, 0.2) is 73.1 Å². The summed E-state index contributed by atoms with van der Waals surface area (Å²) < 4.78 is 42.4. The van der Waals surface area contributed by atoms with Crippen molar-refractivity contribution in [2.75, 3.05) is 38.7 Å². The Morgan fingerprint density at radius 1 is 1.07 bits per heavy atom. The fourth-order valence-corrected chi connectivity index (χ4v) is 11.3. The second kappa shape index (κ2) is 17.8. The molecule has 13 nitrogen and oxygen atoms in total. The molecule has 3 amide bonds. The number of fused-ring (bicyclic) bond motifs is 2. The van der Waals surface area contributed by atoms with Crippen molar-refractivity contribution < 1.29 is 37.4 Å². The van der Waals surface area contributed by atoms with Crippen LogP contribution in [0.2, 0.25) is 0 Å². The highest BCUT2D eigenvalue weighted by Gasteiger charge is 2.49. The number of esters is 1. The second-order valence-corrected chi connectivity index (χ2v) is 19.3. The van der Waals surface area contributed by atoms with Crippen molar-refractivity contribution in [3.05, 3.63) is 89.1 Å². The molecule has 0 saturated carbocycles. The molecule has 3 aliphatic rings. The van der Waals surface area contributed by atoms with E-state index < -0.39 is 43.4 Å². The lowest BCUT2D eigenvalue weighted by Crippen LogP contribution is -2.58. The number of carbonyl (C=O) groups is 4. The standard InChI is InChI=1S/C43H52FN6O7PS/c1-6-18-56-43(54)27(3)47-58(55,57-32-10-8-7-9-11-32)39(44)28-12-15-37-29(21-28)22-38(59-37)40(51)46-34-20-26(2)19-31-13-14-36(50(31)41(34)52)42(53)49-24-30(25-49)33-23-45-17-16-35(33)48(4)5/h7-12,15-17,21-23,26-27,30-31,34,36,39H,6,13-14,18-20,24-25H2,1-5H3,(H,46,51)(H,47,55)/t26-,27-,31+,34-,36-,39+,58?/m0/s1.